The Labute approximate surface area is 231 Å². The van der Waals surface area contributed by atoms with Gasteiger partial charge in [0, 0.05) is 11.6 Å². The molecule has 3 aromatic carbocycles. The standard InChI is InChI=1S/C29H27Cl2NO6/c1-16(2)38-21-11-7-18(8-12-21)25-24(26(33)22-13-19(30)14-23(31)28(22)37-4)27(34)29(35)32(25)15-17-5-9-20(36-3)10-6-17/h5-14,16,25,33H,15H2,1-4H3/b26-24+. The summed E-state index contributed by atoms with van der Waals surface area (Å²) in [5.74, 6) is -0.579. The Balaban J connectivity index is 1.87. The summed E-state index contributed by atoms with van der Waals surface area (Å²) in [5, 5.41) is 11.9. The van der Waals surface area contributed by atoms with Crippen LogP contribution in [0.2, 0.25) is 10.0 Å². The van der Waals surface area contributed by atoms with Crippen molar-refractivity contribution in [1.29, 1.82) is 0 Å². The summed E-state index contributed by atoms with van der Waals surface area (Å²) in [5.41, 5.74) is 1.40. The van der Waals surface area contributed by atoms with Gasteiger partial charge >= 0.3 is 0 Å². The smallest absolute Gasteiger partial charge is 0.295 e. The summed E-state index contributed by atoms with van der Waals surface area (Å²) < 4.78 is 16.4. The van der Waals surface area contributed by atoms with Crippen LogP contribution in [-0.4, -0.2) is 42.0 Å². The Bertz CT molecular complexity index is 1380. The fraction of sp³-hybridized carbons (Fsp3) is 0.241. The number of hydrogen-bond donors (Lipinski definition) is 1. The molecule has 1 aliphatic rings. The van der Waals surface area contributed by atoms with Crippen molar-refractivity contribution in [3.8, 4) is 17.2 Å². The predicted octanol–water partition coefficient (Wildman–Crippen LogP) is 6.42. The molecule has 0 radical (unpaired) electrons. The minimum atomic E-state index is -0.896. The maximum Gasteiger partial charge on any atom is 0.295 e. The van der Waals surface area contributed by atoms with Crippen LogP contribution in [0.25, 0.3) is 5.76 Å². The number of amides is 1. The molecule has 38 heavy (non-hydrogen) atoms. The monoisotopic (exact) mass is 555 g/mol. The Kier molecular flexibility index (Phi) is 8.19. The average Bonchev–Trinajstić information content (AvgIpc) is 3.13. The molecule has 4 rings (SSSR count). The Morgan fingerprint density at radius 2 is 1.58 bits per heavy atom. The van der Waals surface area contributed by atoms with Crippen molar-refractivity contribution in [2.75, 3.05) is 14.2 Å². The Hall–Kier alpha value is -3.68. The Morgan fingerprint density at radius 1 is 0.947 bits per heavy atom. The third-order valence-electron chi connectivity index (χ3n) is 6.09. The quantitative estimate of drug-likeness (QED) is 0.196. The zero-order valence-corrected chi connectivity index (χ0v) is 22.8. The summed E-state index contributed by atoms with van der Waals surface area (Å²) >= 11 is 12.5. The van der Waals surface area contributed by atoms with E-state index in [-0.39, 0.29) is 39.6 Å². The number of nitrogens with zero attached hydrogens (tertiary/aromatic N) is 1. The van der Waals surface area contributed by atoms with Crippen LogP contribution < -0.4 is 14.2 Å². The molecule has 0 aliphatic carbocycles. The third-order valence-corrected chi connectivity index (χ3v) is 6.59. The van der Waals surface area contributed by atoms with E-state index in [1.54, 1.807) is 43.5 Å². The molecule has 1 saturated heterocycles. The highest BCUT2D eigenvalue weighted by Crippen LogP contribution is 2.44. The lowest BCUT2D eigenvalue weighted by atomic mass is 9.94. The number of methoxy groups -OCH3 is 2. The van der Waals surface area contributed by atoms with E-state index < -0.39 is 23.5 Å². The van der Waals surface area contributed by atoms with E-state index in [0.29, 0.717) is 17.1 Å². The van der Waals surface area contributed by atoms with E-state index in [2.05, 4.69) is 0 Å². The first-order valence-electron chi connectivity index (χ1n) is 11.9. The van der Waals surface area contributed by atoms with Crippen LogP contribution in [0.3, 0.4) is 0 Å². The number of ether oxygens (including phenoxy) is 3. The molecule has 0 spiro atoms. The number of rotatable bonds is 8. The van der Waals surface area contributed by atoms with Gasteiger partial charge in [0.15, 0.2) is 0 Å². The first-order valence-corrected chi connectivity index (χ1v) is 12.6. The van der Waals surface area contributed by atoms with Gasteiger partial charge in [0.25, 0.3) is 11.7 Å². The van der Waals surface area contributed by atoms with Crippen molar-refractivity contribution in [2.45, 2.75) is 32.5 Å². The number of carbonyl (C=O) groups excluding carboxylic acids is 2. The number of benzene rings is 3. The molecule has 198 valence electrons. The van der Waals surface area contributed by atoms with Gasteiger partial charge in [0.2, 0.25) is 0 Å². The lowest BCUT2D eigenvalue weighted by Crippen LogP contribution is -2.29. The van der Waals surface area contributed by atoms with Gasteiger partial charge in [0.1, 0.15) is 23.0 Å². The van der Waals surface area contributed by atoms with Gasteiger partial charge in [-0.05, 0) is 61.4 Å². The summed E-state index contributed by atoms with van der Waals surface area (Å²) in [6.07, 6.45) is -0.0263. The van der Waals surface area contributed by atoms with Crippen molar-refractivity contribution >= 4 is 40.7 Å². The fourth-order valence-electron chi connectivity index (χ4n) is 4.41. The van der Waals surface area contributed by atoms with E-state index in [4.69, 9.17) is 37.4 Å². The number of Topliss-reactive ketones (excluding diaryl/α,β-unsaturated/α-hetero) is 1. The zero-order valence-electron chi connectivity index (χ0n) is 21.3. The van der Waals surface area contributed by atoms with Gasteiger partial charge in [-0.3, -0.25) is 9.59 Å². The first kappa shape index (κ1) is 27.4. The van der Waals surface area contributed by atoms with E-state index in [1.807, 2.05) is 26.0 Å². The van der Waals surface area contributed by atoms with Crippen LogP contribution in [0, 0.1) is 0 Å². The molecule has 1 heterocycles. The molecule has 0 saturated carbocycles. The normalized spacial score (nSPS) is 16.7. The molecule has 3 aromatic rings. The summed E-state index contributed by atoms with van der Waals surface area (Å²) in [4.78, 5) is 28.2. The molecule has 1 N–H and O–H groups in total. The lowest BCUT2D eigenvalue weighted by molar-refractivity contribution is -0.140. The second kappa shape index (κ2) is 11.4. The van der Waals surface area contributed by atoms with Crippen molar-refractivity contribution < 1.29 is 28.9 Å². The minimum Gasteiger partial charge on any atom is -0.507 e. The molecule has 9 heteroatoms. The SMILES string of the molecule is COc1ccc(CN2C(=O)C(=O)/C(=C(/O)c3cc(Cl)cc(Cl)c3OC)C2c2ccc(OC(C)C)cc2)cc1. The van der Waals surface area contributed by atoms with Gasteiger partial charge < -0.3 is 24.2 Å². The maximum absolute atomic E-state index is 13.4. The zero-order chi connectivity index (χ0) is 27.6. The molecule has 1 fully saturated rings. The number of aliphatic hydroxyl groups excluding tert-OH is 1. The molecule has 1 aliphatic heterocycles. The first-order chi connectivity index (χ1) is 18.1. The molecule has 1 amide bonds. The molecular weight excluding hydrogens is 529 g/mol. The third kappa shape index (κ3) is 5.44. The molecule has 7 nitrogen and oxygen atoms in total. The predicted molar refractivity (Wildman–Crippen MR) is 146 cm³/mol. The van der Waals surface area contributed by atoms with Gasteiger partial charge in [0.05, 0.1) is 42.5 Å². The number of carbonyl (C=O) groups is 2. The van der Waals surface area contributed by atoms with Crippen molar-refractivity contribution in [2.24, 2.45) is 0 Å². The van der Waals surface area contributed by atoms with E-state index in [9.17, 15) is 14.7 Å². The number of ketones is 1. The second-order valence-electron chi connectivity index (χ2n) is 8.98. The van der Waals surface area contributed by atoms with Gasteiger partial charge in [-0.2, -0.15) is 0 Å². The highest BCUT2D eigenvalue weighted by molar-refractivity contribution is 6.46. The summed E-state index contributed by atoms with van der Waals surface area (Å²) in [6, 6.07) is 16.3. The second-order valence-corrected chi connectivity index (χ2v) is 9.82. The van der Waals surface area contributed by atoms with Gasteiger partial charge in [-0.1, -0.05) is 47.5 Å². The molecular formula is C29H27Cl2NO6. The van der Waals surface area contributed by atoms with Crippen LogP contribution in [0.5, 0.6) is 17.2 Å². The Morgan fingerprint density at radius 3 is 2.16 bits per heavy atom. The van der Waals surface area contributed by atoms with E-state index >= 15 is 0 Å². The maximum atomic E-state index is 13.4. The largest absolute Gasteiger partial charge is 0.507 e. The number of aliphatic hydroxyl groups is 1. The summed E-state index contributed by atoms with van der Waals surface area (Å²) in [6.45, 7) is 3.95. The van der Waals surface area contributed by atoms with Crippen LogP contribution in [0.15, 0.2) is 66.2 Å². The van der Waals surface area contributed by atoms with Gasteiger partial charge in [-0.15, -0.1) is 0 Å². The highest BCUT2D eigenvalue weighted by atomic mass is 35.5. The average molecular weight is 556 g/mol. The molecule has 1 atom stereocenters. The molecule has 0 bridgehead atoms. The van der Waals surface area contributed by atoms with Crippen LogP contribution in [-0.2, 0) is 16.1 Å². The lowest BCUT2D eigenvalue weighted by Gasteiger charge is -2.26. The van der Waals surface area contributed by atoms with Crippen LogP contribution in [0.1, 0.15) is 36.6 Å². The number of likely N-dealkylation sites (tertiary alicyclic amines) is 1. The van der Waals surface area contributed by atoms with Crippen molar-refractivity contribution in [1.82, 2.24) is 4.90 Å². The number of hydrogen-bond acceptors (Lipinski definition) is 6. The molecule has 0 aromatic heterocycles. The van der Waals surface area contributed by atoms with Gasteiger partial charge in [-0.25, -0.2) is 0 Å². The van der Waals surface area contributed by atoms with Crippen molar-refractivity contribution in [3.05, 3.63) is 93.0 Å². The summed E-state index contributed by atoms with van der Waals surface area (Å²) in [7, 11) is 2.95. The number of halogens is 2. The van der Waals surface area contributed by atoms with E-state index in [1.165, 1.54) is 24.1 Å². The highest BCUT2D eigenvalue weighted by Gasteiger charge is 2.46. The fourth-order valence-corrected chi connectivity index (χ4v) is 4.98. The molecule has 1 unspecified atom stereocenters. The minimum absolute atomic E-state index is 0.0263. The van der Waals surface area contributed by atoms with Crippen molar-refractivity contribution in [3.63, 3.8) is 0 Å². The van der Waals surface area contributed by atoms with E-state index in [0.717, 1.165) is 5.56 Å². The topological polar surface area (TPSA) is 85.3 Å². The van der Waals surface area contributed by atoms with Crippen LogP contribution in [0.4, 0.5) is 0 Å². The van der Waals surface area contributed by atoms with Crippen LogP contribution >= 0.6 is 23.2 Å².